The van der Waals surface area contributed by atoms with Crippen molar-refractivity contribution >= 4 is 15.9 Å². The van der Waals surface area contributed by atoms with Crippen LogP contribution in [0.1, 0.15) is 25.1 Å². The number of H-pyrrole nitrogens is 1. The molecule has 1 fully saturated rings. The van der Waals surface area contributed by atoms with Crippen LogP contribution in [-0.2, 0) is 21.4 Å². The van der Waals surface area contributed by atoms with Crippen molar-refractivity contribution in [3.63, 3.8) is 0 Å². The van der Waals surface area contributed by atoms with E-state index in [0.29, 0.717) is 18.8 Å². The third kappa shape index (κ3) is 3.51. The number of rotatable bonds is 4. The van der Waals surface area contributed by atoms with Crippen LogP contribution in [0.3, 0.4) is 0 Å². The van der Waals surface area contributed by atoms with Crippen molar-refractivity contribution in [3.8, 4) is 0 Å². The third-order valence-corrected chi connectivity index (χ3v) is 4.37. The summed E-state index contributed by atoms with van der Waals surface area (Å²) in [7, 11) is -3.36. The summed E-state index contributed by atoms with van der Waals surface area (Å²) < 4.78 is 24.6. The van der Waals surface area contributed by atoms with Crippen LogP contribution < -0.4 is 5.32 Å². The van der Waals surface area contributed by atoms with E-state index in [-0.39, 0.29) is 12.5 Å². The Labute approximate surface area is 111 Å². The van der Waals surface area contributed by atoms with E-state index >= 15 is 0 Å². The van der Waals surface area contributed by atoms with E-state index in [2.05, 4.69) is 20.5 Å². The molecule has 1 atom stereocenters. The van der Waals surface area contributed by atoms with Crippen LogP contribution in [0.5, 0.6) is 0 Å². The van der Waals surface area contributed by atoms with Gasteiger partial charge in [0.05, 0.1) is 12.8 Å². The SMILES string of the molecule is CS(=O)(=O)N1CCCCC1C(=O)NCc1ncn[nH]1. The lowest BCUT2D eigenvalue weighted by atomic mass is 10.0. The second-order valence-electron chi connectivity index (χ2n) is 4.54. The smallest absolute Gasteiger partial charge is 0.238 e. The predicted octanol–water partition coefficient (Wildman–Crippen LogP) is -0.765. The summed E-state index contributed by atoms with van der Waals surface area (Å²) in [4.78, 5) is 16.0. The van der Waals surface area contributed by atoms with Crippen LogP contribution in [0.4, 0.5) is 0 Å². The average molecular weight is 287 g/mol. The van der Waals surface area contributed by atoms with E-state index in [1.54, 1.807) is 0 Å². The fourth-order valence-corrected chi connectivity index (χ4v) is 3.29. The molecular formula is C10H17N5O3S. The normalized spacial score (nSPS) is 21.2. The van der Waals surface area contributed by atoms with Crippen LogP contribution in [0, 0.1) is 0 Å². The third-order valence-electron chi connectivity index (χ3n) is 3.08. The van der Waals surface area contributed by atoms with E-state index in [9.17, 15) is 13.2 Å². The Kier molecular flexibility index (Phi) is 4.15. The molecule has 0 radical (unpaired) electrons. The van der Waals surface area contributed by atoms with Gasteiger partial charge in [0.2, 0.25) is 15.9 Å². The molecule has 1 amide bonds. The Morgan fingerprint density at radius 2 is 2.37 bits per heavy atom. The minimum absolute atomic E-state index is 0.215. The van der Waals surface area contributed by atoms with E-state index in [1.807, 2.05) is 0 Å². The number of piperidine rings is 1. The van der Waals surface area contributed by atoms with E-state index in [4.69, 9.17) is 0 Å². The van der Waals surface area contributed by atoms with Crippen molar-refractivity contribution in [2.45, 2.75) is 31.8 Å². The van der Waals surface area contributed by atoms with Crippen molar-refractivity contribution in [2.75, 3.05) is 12.8 Å². The molecule has 2 N–H and O–H groups in total. The van der Waals surface area contributed by atoms with Crippen molar-refractivity contribution < 1.29 is 13.2 Å². The predicted molar refractivity (Wildman–Crippen MR) is 67.4 cm³/mol. The van der Waals surface area contributed by atoms with Crippen molar-refractivity contribution in [3.05, 3.63) is 12.2 Å². The van der Waals surface area contributed by atoms with Gasteiger partial charge in [-0.2, -0.15) is 9.40 Å². The Balaban J connectivity index is 1.99. The molecular weight excluding hydrogens is 270 g/mol. The van der Waals surface area contributed by atoms with Gasteiger partial charge in [-0.1, -0.05) is 6.42 Å². The first-order valence-electron chi connectivity index (χ1n) is 6.07. The van der Waals surface area contributed by atoms with Gasteiger partial charge in [0.15, 0.2) is 0 Å². The maximum absolute atomic E-state index is 12.1. The first kappa shape index (κ1) is 13.9. The number of nitrogens with zero attached hydrogens (tertiary/aromatic N) is 3. The lowest BCUT2D eigenvalue weighted by Gasteiger charge is -2.32. The minimum Gasteiger partial charge on any atom is -0.347 e. The van der Waals surface area contributed by atoms with Gasteiger partial charge >= 0.3 is 0 Å². The maximum Gasteiger partial charge on any atom is 0.238 e. The van der Waals surface area contributed by atoms with Crippen molar-refractivity contribution in [1.82, 2.24) is 24.8 Å². The summed E-state index contributed by atoms with van der Waals surface area (Å²) in [6.07, 6.45) is 4.68. The molecule has 0 aliphatic carbocycles. The molecule has 0 spiro atoms. The number of carbonyl (C=O) groups is 1. The quantitative estimate of drug-likeness (QED) is 0.756. The number of sulfonamides is 1. The highest BCUT2D eigenvalue weighted by atomic mass is 32.2. The molecule has 1 saturated heterocycles. The molecule has 0 saturated carbocycles. The van der Waals surface area contributed by atoms with Crippen LogP contribution in [0.15, 0.2) is 6.33 Å². The zero-order valence-corrected chi connectivity index (χ0v) is 11.5. The van der Waals surface area contributed by atoms with Crippen LogP contribution >= 0.6 is 0 Å². The summed E-state index contributed by atoms with van der Waals surface area (Å²) in [5, 5.41) is 8.98. The Morgan fingerprint density at radius 3 is 3.00 bits per heavy atom. The van der Waals surface area contributed by atoms with E-state index < -0.39 is 16.1 Å². The summed E-state index contributed by atoms with van der Waals surface area (Å²) in [5.74, 6) is 0.247. The summed E-state index contributed by atoms with van der Waals surface area (Å²) in [6.45, 7) is 0.617. The number of hydrogen-bond donors (Lipinski definition) is 2. The van der Waals surface area contributed by atoms with Gasteiger partial charge < -0.3 is 5.32 Å². The molecule has 2 heterocycles. The zero-order valence-electron chi connectivity index (χ0n) is 10.7. The minimum atomic E-state index is -3.36. The van der Waals surface area contributed by atoms with Crippen LogP contribution in [0.2, 0.25) is 0 Å². The molecule has 19 heavy (non-hydrogen) atoms. The molecule has 0 bridgehead atoms. The van der Waals surface area contributed by atoms with Gasteiger partial charge in [-0.3, -0.25) is 9.89 Å². The average Bonchev–Trinajstić information content (AvgIpc) is 2.88. The first-order chi connectivity index (χ1) is 8.98. The molecule has 1 aromatic heterocycles. The molecule has 9 heteroatoms. The fraction of sp³-hybridized carbons (Fsp3) is 0.700. The van der Waals surface area contributed by atoms with Crippen molar-refractivity contribution in [2.24, 2.45) is 0 Å². The van der Waals surface area contributed by atoms with Crippen LogP contribution in [-0.4, -0.2) is 52.7 Å². The molecule has 0 aromatic carbocycles. The standard InChI is InChI=1S/C10H17N5O3S/c1-19(17,18)15-5-3-2-4-8(15)10(16)11-6-9-12-7-13-14-9/h7-8H,2-6H2,1H3,(H,11,16)(H,12,13,14). The zero-order chi connectivity index (χ0) is 13.9. The van der Waals surface area contributed by atoms with Gasteiger partial charge in [-0.25, -0.2) is 13.4 Å². The Bertz CT molecular complexity index is 527. The molecule has 1 aromatic rings. The highest BCUT2D eigenvalue weighted by Crippen LogP contribution is 2.19. The number of aromatic nitrogens is 3. The van der Waals surface area contributed by atoms with Gasteiger partial charge in [0.1, 0.15) is 18.2 Å². The monoisotopic (exact) mass is 287 g/mol. The molecule has 1 aliphatic heterocycles. The van der Waals surface area contributed by atoms with Gasteiger partial charge in [-0.05, 0) is 12.8 Å². The Morgan fingerprint density at radius 1 is 1.58 bits per heavy atom. The fourth-order valence-electron chi connectivity index (χ4n) is 2.17. The molecule has 1 unspecified atom stereocenters. The van der Waals surface area contributed by atoms with Gasteiger partial charge in [0, 0.05) is 6.54 Å². The number of aromatic amines is 1. The largest absolute Gasteiger partial charge is 0.347 e. The number of amides is 1. The number of nitrogens with one attached hydrogen (secondary N) is 2. The summed E-state index contributed by atoms with van der Waals surface area (Å²) in [5.41, 5.74) is 0. The van der Waals surface area contributed by atoms with E-state index in [0.717, 1.165) is 19.1 Å². The highest BCUT2D eigenvalue weighted by Gasteiger charge is 2.34. The van der Waals surface area contributed by atoms with Crippen LogP contribution in [0.25, 0.3) is 0 Å². The van der Waals surface area contributed by atoms with Gasteiger partial charge in [0.25, 0.3) is 0 Å². The second kappa shape index (κ2) is 5.66. The first-order valence-corrected chi connectivity index (χ1v) is 7.92. The maximum atomic E-state index is 12.1. The lowest BCUT2D eigenvalue weighted by Crippen LogP contribution is -2.51. The van der Waals surface area contributed by atoms with E-state index in [1.165, 1.54) is 10.6 Å². The molecule has 2 rings (SSSR count). The Hall–Kier alpha value is -1.48. The van der Waals surface area contributed by atoms with Gasteiger partial charge in [-0.15, -0.1) is 0 Å². The number of hydrogen-bond acceptors (Lipinski definition) is 5. The number of carbonyl (C=O) groups excluding carboxylic acids is 1. The molecule has 8 nitrogen and oxygen atoms in total. The topological polar surface area (TPSA) is 108 Å². The lowest BCUT2D eigenvalue weighted by molar-refractivity contribution is -0.125. The van der Waals surface area contributed by atoms with Crippen molar-refractivity contribution in [1.29, 1.82) is 0 Å². The molecule has 106 valence electrons. The molecule has 1 aliphatic rings. The second-order valence-corrected chi connectivity index (χ2v) is 6.47. The summed E-state index contributed by atoms with van der Waals surface area (Å²) >= 11 is 0. The summed E-state index contributed by atoms with van der Waals surface area (Å²) in [6, 6.07) is -0.619. The highest BCUT2D eigenvalue weighted by molar-refractivity contribution is 7.88.